The van der Waals surface area contributed by atoms with Crippen LogP contribution in [0.2, 0.25) is 0 Å². The van der Waals surface area contributed by atoms with E-state index in [2.05, 4.69) is 47.1 Å². The van der Waals surface area contributed by atoms with E-state index in [1.54, 1.807) is 18.9 Å². The molecule has 0 saturated carbocycles. The average molecular weight is 592 g/mol. The maximum absolute atomic E-state index is 11.6. The third kappa shape index (κ3) is 5.02. The van der Waals surface area contributed by atoms with Gasteiger partial charge in [-0.1, -0.05) is 13.8 Å². The van der Waals surface area contributed by atoms with Crippen molar-refractivity contribution < 1.29 is 9.59 Å². The van der Waals surface area contributed by atoms with Gasteiger partial charge >= 0.3 is 0 Å². The Hall–Kier alpha value is -2.72. The Morgan fingerprint density at radius 3 is 2.00 bits per heavy atom. The van der Waals surface area contributed by atoms with Gasteiger partial charge in [0.25, 0.3) is 0 Å². The highest BCUT2D eigenvalue weighted by Gasteiger charge is 2.18. The predicted octanol–water partition coefficient (Wildman–Crippen LogP) is 5.49. The van der Waals surface area contributed by atoms with Gasteiger partial charge in [-0.25, -0.2) is 9.97 Å². The van der Waals surface area contributed by atoms with Gasteiger partial charge in [0.1, 0.15) is 22.9 Å². The number of hydrogen-bond donors (Lipinski definition) is 1. The fourth-order valence-corrected chi connectivity index (χ4v) is 4.91. The average Bonchev–Trinajstić information content (AvgIpc) is 3.32. The molecule has 0 aliphatic heterocycles. The predicted molar refractivity (Wildman–Crippen MR) is 143 cm³/mol. The van der Waals surface area contributed by atoms with E-state index in [-0.39, 0.29) is 5.91 Å². The summed E-state index contributed by atoms with van der Waals surface area (Å²) in [6.07, 6.45) is 6.11. The molecule has 8 nitrogen and oxygen atoms in total. The van der Waals surface area contributed by atoms with Crippen LogP contribution in [0.3, 0.4) is 0 Å². The monoisotopic (exact) mass is 590 g/mol. The standard InChI is InChI=1S/C13H16BrN3O.C11H12BrN3O/c1-5-11-13(16(4)9(3)18)17-7-10(14)6-8(2)12(17)15-11;1-3-9-11(13-6-16)15-5-8(12)4-7(2)10(15)14-9/h6-7H,5H2,1-4H3;4-6H,3H2,1-2H3,(H,13,16). The minimum Gasteiger partial charge on any atom is -0.313 e. The van der Waals surface area contributed by atoms with Gasteiger partial charge in [-0.05, 0) is 81.8 Å². The lowest BCUT2D eigenvalue weighted by Gasteiger charge is -2.16. The van der Waals surface area contributed by atoms with E-state index in [0.29, 0.717) is 6.41 Å². The second-order valence-corrected chi connectivity index (χ2v) is 9.74. The Balaban J connectivity index is 0.000000192. The quantitative estimate of drug-likeness (QED) is 0.311. The van der Waals surface area contributed by atoms with Crippen molar-refractivity contribution in [3.63, 3.8) is 0 Å². The molecule has 0 saturated heterocycles. The van der Waals surface area contributed by atoms with Gasteiger partial charge in [-0.3, -0.25) is 23.3 Å². The number of fused-ring (bicyclic) bond motifs is 2. The topological polar surface area (TPSA) is 84.0 Å². The first-order chi connectivity index (χ1) is 16.1. The Labute approximate surface area is 215 Å². The molecule has 0 bridgehead atoms. The molecule has 0 aliphatic rings. The van der Waals surface area contributed by atoms with E-state index in [0.717, 1.165) is 67.2 Å². The summed E-state index contributed by atoms with van der Waals surface area (Å²) in [7, 11) is 1.78. The number of nitrogens with one attached hydrogen (secondary N) is 1. The minimum atomic E-state index is 0.00382. The highest BCUT2D eigenvalue weighted by molar-refractivity contribution is 9.10. The molecule has 0 atom stereocenters. The Kier molecular flexibility index (Phi) is 8.14. The first-order valence-electron chi connectivity index (χ1n) is 10.9. The molecule has 0 unspecified atom stereocenters. The van der Waals surface area contributed by atoms with Crippen molar-refractivity contribution in [3.8, 4) is 0 Å². The second-order valence-electron chi connectivity index (χ2n) is 7.91. The van der Waals surface area contributed by atoms with Crippen LogP contribution in [0.25, 0.3) is 11.3 Å². The van der Waals surface area contributed by atoms with Crippen molar-refractivity contribution in [1.29, 1.82) is 0 Å². The molecule has 180 valence electrons. The van der Waals surface area contributed by atoms with E-state index in [1.807, 2.05) is 61.0 Å². The van der Waals surface area contributed by atoms with Crippen molar-refractivity contribution in [1.82, 2.24) is 18.8 Å². The number of carbonyl (C=O) groups excluding carboxylic acids is 2. The molecule has 0 spiro atoms. The lowest BCUT2D eigenvalue weighted by atomic mass is 10.3. The molecular weight excluding hydrogens is 564 g/mol. The summed E-state index contributed by atoms with van der Waals surface area (Å²) in [5.74, 6) is 1.60. The molecule has 0 radical (unpaired) electrons. The molecule has 2 amide bonds. The Morgan fingerprint density at radius 2 is 1.50 bits per heavy atom. The number of pyridine rings is 2. The number of carbonyl (C=O) groups is 2. The fourth-order valence-electron chi connectivity index (χ4n) is 3.82. The van der Waals surface area contributed by atoms with E-state index >= 15 is 0 Å². The summed E-state index contributed by atoms with van der Waals surface area (Å²) in [6.45, 7) is 9.64. The van der Waals surface area contributed by atoms with Crippen molar-refractivity contribution in [2.24, 2.45) is 0 Å². The van der Waals surface area contributed by atoms with Crippen LogP contribution in [0.4, 0.5) is 11.6 Å². The first-order valence-corrected chi connectivity index (χ1v) is 12.5. The molecule has 1 N–H and O–H groups in total. The number of anilines is 2. The maximum Gasteiger partial charge on any atom is 0.224 e. The largest absolute Gasteiger partial charge is 0.313 e. The smallest absolute Gasteiger partial charge is 0.224 e. The second kappa shape index (κ2) is 10.7. The fraction of sp³-hybridized carbons (Fsp3) is 0.333. The number of imidazole rings is 2. The van der Waals surface area contributed by atoms with Crippen LogP contribution in [0, 0.1) is 13.8 Å². The lowest BCUT2D eigenvalue weighted by Crippen LogP contribution is -2.25. The highest BCUT2D eigenvalue weighted by atomic mass is 79.9. The van der Waals surface area contributed by atoms with E-state index in [9.17, 15) is 9.59 Å². The van der Waals surface area contributed by atoms with Gasteiger partial charge in [-0.15, -0.1) is 0 Å². The van der Waals surface area contributed by atoms with E-state index in [4.69, 9.17) is 0 Å². The zero-order valence-electron chi connectivity index (χ0n) is 20.1. The number of amides is 2. The van der Waals surface area contributed by atoms with Crippen LogP contribution >= 0.6 is 31.9 Å². The minimum absolute atomic E-state index is 0.00382. The van der Waals surface area contributed by atoms with Crippen LogP contribution in [0.5, 0.6) is 0 Å². The van der Waals surface area contributed by atoms with Crippen LogP contribution in [0.15, 0.2) is 33.5 Å². The van der Waals surface area contributed by atoms with Crippen molar-refractivity contribution >= 4 is 67.1 Å². The van der Waals surface area contributed by atoms with Crippen molar-refractivity contribution in [3.05, 3.63) is 56.0 Å². The summed E-state index contributed by atoms with van der Waals surface area (Å²) in [4.78, 5) is 33.0. The molecule has 0 aliphatic carbocycles. The Bertz CT molecular complexity index is 1380. The summed E-state index contributed by atoms with van der Waals surface area (Å²) >= 11 is 6.92. The summed E-state index contributed by atoms with van der Waals surface area (Å²) in [5, 5.41) is 2.70. The lowest BCUT2D eigenvalue weighted by molar-refractivity contribution is -0.116. The number of halogens is 2. The van der Waals surface area contributed by atoms with Gasteiger partial charge < -0.3 is 5.32 Å². The molecule has 0 fully saturated rings. The zero-order valence-corrected chi connectivity index (χ0v) is 23.3. The number of aromatic nitrogens is 4. The third-order valence-electron chi connectivity index (χ3n) is 5.51. The number of aryl methyl sites for hydroxylation is 4. The molecule has 10 heteroatoms. The molecular formula is C24H28Br2N6O2. The van der Waals surface area contributed by atoms with Crippen LogP contribution in [-0.4, -0.2) is 38.1 Å². The van der Waals surface area contributed by atoms with Gasteiger partial charge in [0.05, 0.1) is 11.4 Å². The number of hydrogen-bond acceptors (Lipinski definition) is 4. The van der Waals surface area contributed by atoms with Crippen molar-refractivity contribution in [2.45, 2.75) is 47.5 Å². The number of rotatable bonds is 5. The summed E-state index contributed by atoms with van der Waals surface area (Å²) in [5.41, 5.74) is 5.77. The molecule has 4 aromatic heterocycles. The van der Waals surface area contributed by atoms with Gasteiger partial charge in [0, 0.05) is 35.3 Å². The summed E-state index contributed by atoms with van der Waals surface area (Å²) in [6, 6.07) is 4.03. The van der Waals surface area contributed by atoms with Gasteiger partial charge in [0.2, 0.25) is 12.3 Å². The SMILES string of the molecule is CCc1nc2c(C)cc(Br)cn2c1N(C)C(C)=O.CCc1nc2c(C)cc(Br)cn2c1NC=O. The van der Waals surface area contributed by atoms with Gasteiger partial charge in [0.15, 0.2) is 0 Å². The third-order valence-corrected chi connectivity index (χ3v) is 6.38. The van der Waals surface area contributed by atoms with E-state index in [1.165, 1.54) is 0 Å². The maximum atomic E-state index is 11.6. The molecule has 4 rings (SSSR count). The normalized spacial score (nSPS) is 10.8. The molecule has 34 heavy (non-hydrogen) atoms. The molecule has 4 heterocycles. The van der Waals surface area contributed by atoms with Crippen LogP contribution in [-0.2, 0) is 22.4 Å². The highest BCUT2D eigenvalue weighted by Crippen LogP contribution is 2.27. The van der Waals surface area contributed by atoms with Gasteiger partial charge in [-0.2, -0.15) is 0 Å². The summed E-state index contributed by atoms with van der Waals surface area (Å²) < 4.78 is 5.81. The Morgan fingerprint density at radius 1 is 1.00 bits per heavy atom. The molecule has 0 aromatic carbocycles. The first kappa shape index (κ1) is 25.9. The van der Waals surface area contributed by atoms with Crippen LogP contribution in [0.1, 0.15) is 43.3 Å². The van der Waals surface area contributed by atoms with Crippen molar-refractivity contribution in [2.75, 3.05) is 17.3 Å². The molecule has 4 aromatic rings. The van der Waals surface area contributed by atoms with E-state index < -0.39 is 0 Å². The van der Waals surface area contributed by atoms with Crippen LogP contribution < -0.4 is 10.2 Å². The number of nitrogens with zero attached hydrogens (tertiary/aromatic N) is 5. The zero-order chi connectivity index (χ0) is 25.2.